The Morgan fingerprint density at radius 3 is 2.47 bits per heavy atom. The van der Waals surface area contributed by atoms with Gasteiger partial charge in [-0.05, 0) is 68.0 Å². The van der Waals surface area contributed by atoms with Crippen LogP contribution >= 0.6 is 11.8 Å². The van der Waals surface area contributed by atoms with Crippen molar-refractivity contribution < 1.29 is 9.26 Å². The van der Waals surface area contributed by atoms with Crippen LogP contribution in [0.5, 0.6) is 5.75 Å². The van der Waals surface area contributed by atoms with Gasteiger partial charge in [0.1, 0.15) is 11.4 Å². The maximum Gasteiger partial charge on any atom is 0.174 e. The number of thioether (sulfide) groups is 1. The van der Waals surface area contributed by atoms with Crippen molar-refractivity contribution in [1.82, 2.24) is 5.16 Å². The molecule has 0 saturated heterocycles. The summed E-state index contributed by atoms with van der Waals surface area (Å²) in [6, 6.07) is 21.5. The van der Waals surface area contributed by atoms with Crippen LogP contribution in [0.2, 0.25) is 0 Å². The predicted molar refractivity (Wildman–Crippen MR) is 144 cm³/mol. The molecule has 4 heteroatoms. The number of unbranched alkanes of at least 4 members (excludes halogenated alkanes) is 1. The smallest absolute Gasteiger partial charge is 0.174 e. The molecule has 4 rings (SSSR count). The Bertz CT molecular complexity index is 1200. The number of nitrogens with zero attached hydrogens (tertiary/aromatic N) is 1. The molecule has 0 amide bonds. The van der Waals surface area contributed by atoms with E-state index in [1.54, 1.807) is 0 Å². The molecule has 0 bridgehead atoms. The summed E-state index contributed by atoms with van der Waals surface area (Å²) in [6.45, 7) is 7.25. The average molecular weight is 474 g/mol. The lowest BCUT2D eigenvalue weighted by atomic mass is 9.99. The number of ether oxygens (including phenoxy) is 1. The lowest BCUT2D eigenvalue weighted by Crippen LogP contribution is -2.02. The fraction of sp³-hybridized carbons (Fsp3) is 0.367. The Morgan fingerprint density at radius 2 is 1.71 bits per heavy atom. The zero-order valence-corrected chi connectivity index (χ0v) is 21.4. The van der Waals surface area contributed by atoms with Crippen LogP contribution in [0.15, 0.2) is 70.1 Å². The van der Waals surface area contributed by atoms with Gasteiger partial charge in [-0.2, -0.15) is 0 Å². The number of rotatable bonds is 12. The van der Waals surface area contributed by atoms with Crippen LogP contribution in [0, 0.1) is 6.92 Å². The molecule has 3 nitrogen and oxygen atoms in total. The van der Waals surface area contributed by atoms with E-state index in [0.717, 1.165) is 71.4 Å². The van der Waals surface area contributed by atoms with Gasteiger partial charge >= 0.3 is 0 Å². The van der Waals surface area contributed by atoms with Gasteiger partial charge in [-0.1, -0.05) is 68.2 Å². The maximum atomic E-state index is 6.27. The summed E-state index contributed by atoms with van der Waals surface area (Å²) in [5.74, 6) is 1.97. The summed E-state index contributed by atoms with van der Waals surface area (Å²) in [4.78, 5) is 1.33. The molecule has 0 N–H and O–H groups in total. The molecule has 0 spiro atoms. The Balaban J connectivity index is 1.43. The lowest BCUT2D eigenvalue weighted by Gasteiger charge is -2.12. The van der Waals surface area contributed by atoms with Crippen LogP contribution in [-0.2, 0) is 12.8 Å². The van der Waals surface area contributed by atoms with E-state index in [4.69, 9.17) is 9.26 Å². The van der Waals surface area contributed by atoms with Gasteiger partial charge in [-0.15, -0.1) is 11.8 Å². The number of benzene rings is 3. The monoisotopic (exact) mass is 473 g/mol. The van der Waals surface area contributed by atoms with E-state index in [2.05, 4.69) is 86.6 Å². The Labute approximate surface area is 207 Å². The molecule has 34 heavy (non-hydrogen) atoms. The number of hydrogen-bond donors (Lipinski definition) is 0. The van der Waals surface area contributed by atoms with E-state index in [-0.39, 0.29) is 0 Å². The highest BCUT2D eigenvalue weighted by Crippen LogP contribution is 2.36. The van der Waals surface area contributed by atoms with E-state index in [0.29, 0.717) is 6.61 Å². The zero-order chi connectivity index (χ0) is 23.8. The van der Waals surface area contributed by atoms with E-state index in [9.17, 15) is 0 Å². The summed E-state index contributed by atoms with van der Waals surface area (Å²) in [5.41, 5.74) is 6.67. The maximum absolute atomic E-state index is 6.27. The van der Waals surface area contributed by atoms with Crippen LogP contribution < -0.4 is 4.74 Å². The molecular weight excluding hydrogens is 438 g/mol. The highest BCUT2D eigenvalue weighted by molar-refractivity contribution is 7.99. The Morgan fingerprint density at radius 1 is 0.882 bits per heavy atom. The standard InChI is InChI=1S/C30H35NO2S/c1-4-6-12-26-28(32-20-9-21-34-24-16-14-23(10-5-2)15-17-24)19-18-27-29(31-33-30(26)27)25-13-8-7-11-22(25)3/h7-8,11,13-19H,4-6,9-10,12,20-21H2,1-3H3. The summed E-state index contributed by atoms with van der Waals surface area (Å²) in [7, 11) is 0. The van der Waals surface area contributed by atoms with Crippen molar-refractivity contribution in [3.8, 4) is 17.0 Å². The molecule has 3 aromatic carbocycles. The van der Waals surface area contributed by atoms with Crippen molar-refractivity contribution in [2.45, 2.75) is 64.2 Å². The molecule has 4 aromatic rings. The minimum absolute atomic E-state index is 0.699. The fourth-order valence-electron chi connectivity index (χ4n) is 4.27. The molecule has 0 aliphatic carbocycles. The van der Waals surface area contributed by atoms with Gasteiger partial charge in [0.05, 0.1) is 12.0 Å². The van der Waals surface area contributed by atoms with E-state index in [1.165, 1.54) is 22.4 Å². The first kappa shape index (κ1) is 24.4. The van der Waals surface area contributed by atoms with Crippen LogP contribution in [-0.4, -0.2) is 17.5 Å². The molecule has 178 valence electrons. The van der Waals surface area contributed by atoms with Crippen LogP contribution in [0.1, 0.15) is 56.2 Å². The summed E-state index contributed by atoms with van der Waals surface area (Å²) in [5, 5.41) is 5.53. The SMILES string of the molecule is CCCCc1c(OCCCSc2ccc(CCC)cc2)ccc2c(-c3ccccc3C)noc12. The van der Waals surface area contributed by atoms with Crippen molar-refractivity contribution in [2.24, 2.45) is 0 Å². The van der Waals surface area contributed by atoms with Crippen molar-refractivity contribution in [3.05, 3.63) is 77.4 Å². The normalized spacial score (nSPS) is 11.3. The second-order valence-corrected chi connectivity index (χ2v) is 9.98. The minimum Gasteiger partial charge on any atom is -0.493 e. The first-order valence-corrected chi connectivity index (χ1v) is 13.5. The lowest BCUT2D eigenvalue weighted by molar-refractivity contribution is 0.314. The summed E-state index contributed by atoms with van der Waals surface area (Å²) >= 11 is 1.90. The molecule has 1 aromatic heterocycles. The number of aryl methyl sites for hydroxylation is 3. The number of hydrogen-bond acceptors (Lipinski definition) is 4. The van der Waals surface area contributed by atoms with Crippen LogP contribution in [0.3, 0.4) is 0 Å². The first-order chi connectivity index (χ1) is 16.7. The molecule has 0 unspecified atom stereocenters. The van der Waals surface area contributed by atoms with Gasteiger partial charge in [0.2, 0.25) is 0 Å². The van der Waals surface area contributed by atoms with E-state index in [1.807, 2.05) is 11.8 Å². The number of fused-ring (bicyclic) bond motifs is 1. The Kier molecular flexibility index (Phi) is 8.70. The first-order valence-electron chi connectivity index (χ1n) is 12.5. The summed E-state index contributed by atoms with van der Waals surface area (Å²) in [6.07, 6.45) is 6.50. The van der Waals surface area contributed by atoms with Crippen molar-refractivity contribution in [2.75, 3.05) is 12.4 Å². The second-order valence-electron chi connectivity index (χ2n) is 8.81. The van der Waals surface area contributed by atoms with Crippen molar-refractivity contribution in [3.63, 3.8) is 0 Å². The Hall–Kier alpha value is -2.72. The van der Waals surface area contributed by atoms with Gasteiger partial charge in [0.25, 0.3) is 0 Å². The largest absolute Gasteiger partial charge is 0.493 e. The van der Waals surface area contributed by atoms with E-state index < -0.39 is 0 Å². The molecule has 0 aliphatic heterocycles. The highest BCUT2D eigenvalue weighted by atomic mass is 32.2. The van der Waals surface area contributed by atoms with E-state index >= 15 is 0 Å². The molecule has 0 atom stereocenters. The molecule has 0 aliphatic rings. The molecule has 0 saturated carbocycles. The summed E-state index contributed by atoms with van der Waals surface area (Å²) < 4.78 is 12.2. The second kappa shape index (κ2) is 12.1. The van der Waals surface area contributed by atoms with Gasteiger partial charge in [-0.3, -0.25) is 0 Å². The van der Waals surface area contributed by atoms with Gasteiger partial charge in [0.15, 0.2) is 5.58 Å². The zero-order valence-electron chi connectivity index (χ0n) is 20.6. The van der Waals surface area contributed by atoms with Crippen LogP contribution in [0.4, 0.5) is 0 Å². The van der Waals surface area contributed by atoms with Crippen molar-refractivity contribution >= 4 is 22.7 Å². The van der Waals surface area contributed by atoms with Gasteiger partial charge in [-0.25, -0.2) is 0 Å². The fourth-order valence-corrected chi connectivity index (χ4v) is 5.10. The molecule has 0 radical (unpaired) electrons. The van der Waals surface area contributed by atoms with Crippen LogP contribution in [0.25, 0.3) is 22.2 Å². The molecular formula is C30H35NO2S. The third kappa shape index (κ3) is 5.85. The van der Waals surface area contributed by atoms with Gasteiger partial charge < -0.3 is 9.26 Å². The molecule has 0 fully saturated rings. The van der Waals surface area contributed by atoms with Crippen molar-refractivity contribution in [1.29, 1.82) is 0 Å². The topological polar surface area (TPSA) is 35.3 Å². The number of aromatic nitrogens is 1. The third-order valence-corrected chi connectivity index (χ3v) is 7.26. The highest BCUT2D eigenvalue weighted by Gasteiger charge is 2.18. The van der Waals surface area contributed by atoms with Gasteiger partial charge in [0, 0.05) is 21.8 Å². The minimum atomic E-state index is 0.699. The molecule has 1 heterocycles. The third-order valence-electron chi connectivity index (χ3n) is 6.16. The predicted octanol–water partition coefficient (Wildman–Crippen LogP) is 8.66. The average Bonchev–Trinajstić information content (AvgIpc) is 3.28. The quantitative estimate of drug-likeness (QED) is 0.152.